The first-order valence-corrected chi connectivity index (χ1v) is 6.36. The molecule has 0 bridgehead atoms. The van der Waals surface area contributed by atoms with Crippen LogP contribution in [-0.2, 0) is 10.7 Å². The molecule has 1 aromatic heterocycles. The molecule has 4 heteroatoms. The molecule has 0 spiro atoms. The van der Waals surface area contributed by atoms with Crippen molar-refractivity contribution < 1.29 is 0 Å². The van der Waals surface area contributed by atoms with Gasteiger partial charge in [-0.05, 0) is 34.2 Å². The summed E-state index contributed by atoms with van der Waals surface area (Å²) < 4.78 is 1.25. The first-order valence-electron chi connectivity index (χ1n) is 3.03. The molecular formula is C7H6Br2IN. The lowest BCUT2D eigenvalue weighted by molar-refractivity contribution is 1.13. The van der Waals surface area contributed by atoms with Crippen LogP contribution in [0, 0.1) is 3.57 Å². The van der Waals surface area contributed by atoms with Crippen molar-refractivity contribution >= 4 is 54.5 Å². The SMILES string of the molecule is BrCc1ccnc(CBr)c1I. The Hall–Kier alpha value is 0.840. The summed E-state index contributed by atoms with van der Waals surface area (Å²) in [7, 11) is 0. The third-order valence-corrected chi connectivity index (χ3v) is 3.76. The zero-order chi connectivity index (χ0) is 8.27. The Morgan fingerprint density at radius 1 is 1.36 bits per heavy atom. The van der Waals surface area contributed by atoms with Crippen molar-refractivity contribution in [2.75, 3.05) is 0 Å². The van der Waals surface area contributed by atoms with Gasteiger partial charge in [-0.25, -0.2) is 0 Å². The highest BCUT2D eigenvalue weighted by Gasteiger charge is 2.03. The minimum absolute atomic E-state index is 0.826. The fourth-order valence-electron chi connectivity index (χ4n) is 0.729. The monoisotopic (exact) mass is 389 g/mol. The highest BCUT2D eigenvalue weighted by molar-refractivity contribution is 14.1. The van der Waals surface area contributed by atoms with E-state index in [1.54, 1.807) is 0 Å². The molecule has 1 heterocycles. The molecule has 0 aliphatic heterocycles. The van der Waals surface area contributed by atoms with Crippen LogP contribution in [0.5, 0.6) is 0 Å². The molecule has 0 atom stereocenters. The number of rotatable bonds is 2. The summed E-state index contributed by atoms with van der Waals surface area (Å²) in [5.74, 6) is 0. The third kappa shape index (κ3) is 2.39. The molecule has 1 nitrogen and oxygen atoms in total. The largest absolute Gasteiger partial charge is 0.259 e. The fraction of sp³-hybridized carbons (Fsp3) is 0.286. The van der Waals surface area contributed by atoms with Gasteiger partial charge >= 0.3 is 0 Å². The molecule has 0 N–H and O–H groups in total. The van der Waals surface area contributed by atoms with Gasteiger partial charge in [0.1, 0.15) is 0 Å². The predicted molar refractivity (Wildman–Crippen MR) is 62.2 cm³/mol. The second-order valence-corrected chi connectivity index (χ2v) is 4.20. The van der Waals surface area contributed by atoms with Gasteiger partial charge < -0.3 is 0 Å². The molecular weight excluding hydrogens is 385 g/mol. The van der Waals surface area contributed by atoms with Gasteiger partial charge in [-0.2, -0.15) is 0 Å². The lowest BCUT2D eigenvalue weighted by Crippen LogP contribution is -1.93. The Balaban J connectivity index is 3.10. The molecule has 0 radical (unpaired) electrons. The average molecular weight is 391 g/mol. The second kappa shape index (κ2) is 4.77. The van der Waals surface area contributed by atoms with Gasteiger partial charge in [0.2, 0.25) is 0 Å². The summed E-state index contributed by atoms with van der Waals surface area (Å²) in [6.45, 7) is 0. The van der Waals surface area contributed by atoms with Crippen molar-refractivity contribution in [3.8, 4) is 0 Å². The minimum Gasteiger partial charge on any atom is -0.259 e. The van der Waals surface area contributed by atoms with E-state index in [1.807, 2.05) is 12.3 Å². The van der Waals surface area contributed by atoms with E-state index in [2.05, 4.69) is 59.4 Å². The number of aromatic nitrogens is 1. The number of alkyl halides is 2. The quantitative estimate of drug-likeness (QED) is 0.556. The van der Waals surface area contributed by atoms with Crippen LogP contribution < -0.4 is 0 Å². The molecule has 0 fully saturated rings. The van der Waals surface area contributed by atoms with Crippen molar-refractivity contribution in [1.29, 1.82) is 0 Å². The van der Waals surface area contributed by atoms with Crippen LogP contribution in [0.25, 0.3) is 0 Å². The number of hydrogen-bond acceptors (Lipinski definition) is 1. The molecule has 0 aliphatic carbocycles. The highest BCUT2D eigenvalue weighted by atomic mass is 127. The maximum Gasteiger partial charge on any atom is 0.0645 e. The number of halogens is 3. The summed E-state index contributed by atoms with van der Waals surface area (Å²) in [6.07, 6.45) is 1.84. The summed E-state index contributed by atoms with van der Waals surface area (Å²) >= 11 is 9.13. The number of pyridine rings is 1. The van der Waals surface area contributed by atoms with E-state index >= 15 is 0 Å². The zero-order valence-corrected chi connectivity index (χ0v) is 11.0. The summed E-state index contributed by atoms with van der Waals surface area (Å²) in [4.78, 5) is 4.23. The van der Waals surface area contributed by atoms with Crippen LogP contribution in [0.4, 0.5) is 0 Å². The van der Waals surface area contributed by atoms with E-state index in [9.17, 15) is 0 Å². The van der Waals surface area contributed by atoms with Crippen molar-refractivity contribution in [2.45, 2.75) is 10.7 Å². The van der Waals surface area contributed by atoms with Gasteiger partial charge in [0, 0.05) is 20.4 Å². The van der Waals surface area contributed by atoms with E-state index in [1.165, 1.54) is 9.13 Å². The van der Waals surface area contributed by atoms with E-state index in [0.29, 0.717) is 0 Å². The van der Waals surface area contributed by atoms with Crippen molar-refractivity contribution in [1.82, 2.24) is 4.98 Å². The van der Waals surface area contributed by atoms with Gasteiger partial charge in [-0.1, -0.05) is 31.9 Å². The third-order valence-electron chi connectivity index (χ3n) is 1.31. The molecule has 0 aromatic carbocycles. The van der Waals surface area contributed by atoms with E-state index in [4.69, 9.17) is 0 Å². The Labute approximate surface area is 96.4 Å². The van der Waals surface area contributed by atoms with E-state index in [-0.39, 0.29) is 0 Å². The molecule has 1 aromatic rings. The first-order chi connectivity index (χ1) is 5.29. The molecule has 0 unspecified atom stereocenters. The molecule has 0 saturated heterocycles. The van der Waals surface area contributed by atoms with Crippen LogP contribution >= 0.6 is 54.5 Å². The second-order valence-electron chi connectivity index (χ2n) is 2.00. The van der Waals surface area contributed by atoms with Gasteiger partial charge in [-0.3, -0.25) is 4.98 Å². The molecule has 60 valence electrons. The number of hydrogen-bond donors (Lipinski definition) is 0. The Morgan fingerprint density at radius 3 is 2.64 bits per heavy atom. The lowest BCUT2D eigenvalue weighted by Gasteiger charge is -2.02. The molecule has 1 rings (SSSR count). The van der Waals surface area contributed by atoms with Crippen molar-refractivity contribution in [2.24, 2.45) is 0 Å². The summed E-state index contributed by atoms with van der Waals surface area (Å²) in [5, 5.41) is 1.72. The highest BCUT2D eigenvalue weighted by Crippen LogP contribution is 2.19. The van der Waals surface area contributed by atoms with E-state index in [0.717, 1.165) is 16.4 Å². The topological polar surface area (TPSA) is 12.9 Å². The Morgan fingerprint density at radius 2 is 2.09 bits per heavy atom. The van der Waals surface area contributed by atoms with Gasteiger partial charge in [0.15, 0.2) is 0 Å². The first kappa shape index (κ1) is 9.92. The van der Waals surface area contributed by atoms with Gasteiger partial charge in [-0.15, -0.1) is 0 Å². The van der Waals surface area contributed by atoms with Crippen molar-refractivity contribution in [3.05, 3.63) is 27.1 Å². The Kier molecular flexibility index (Phi) is 4.30. The van der Waals surface area contributed by atoms with Gasteiger partial charge in [0.05, 0.1) is 5.69 Å². The van der Waals surface area contributed by atoms with Crippen LogP contribution in [0.3, 0.4) is 0 Å². The molecule has 0 aliphatic rings. The van der Waals surface area contributed by atoms with Crippen LogP contribution in [0.2, 0.25) is 0 Å². The van der Waals surface area contributed by atoms with Gasteiger partial charge in [0.25, 0.3) is 0 Å². The van der Waals surface area contributed by atoms with Crippen LogP contribution in [0.1, 0.15) is 11.3 Å². The molecule has 0 saturated carbocycles. The lowest BCUT2D eigenvalue weighted by atomic mass is 10.2. The number of nitrogens with zero attached hydrogens (tertiary/aromatic N) is 1. The average Bonchev–Trinajstić information content (AvgIpc) is 2.05. The summed E-state index contributed by atoms with van der Waals surface area (Å²) in [5.41, 5.74) is 2.41. The smallest absolute Gasteiger partial charge is 0.0645 e. The normalized spacial score (nSPS) is 10.1. The van der Waals surface area contributed by atoms with E-state index < -0.39 is 0 Å². The standard InChI is InChI=1S/C7H6Br2IN/c8-3-5-1-2-11-6(4-9)7(5)10/h1-2H,3-4H2. The van der Waals surface area contributed by atoms with Crippen LogP contribution in [-0.4, -0.2) is 4.98 Å². The van der Waals surface area contributed by atoms with Crippen LogP contribution in [0.15, 0.2) is 12.3 Å². The predicted octanol–water partition coefficient (Wildman–Crippen LogP) is 3.48. The fourth-order valence-corrected chi connectivity index (χ4v) is 3.37. The summed E-state index contributed by atoms with van der Waals surface area (Å²) in [6, 6.07) is 2.03. The maximum absolute atomic E-state index is 4.23. The van der Waals surface area contributed by atoms with Crippen molar-refractivity contribution in [3.63, 3.8) is 0 Å². The zero-order valence-electron chi connectivity index (χ0n) is 5.65. The Bertz CT molecular complexity index is 230. The molecule has 0 amide bonds. The molecule has 11 heavy (non-hydrogen) atoms. The maximum atomic E-state index is 4.23. The minimum atomic E-state index is 0.826.